The zero-order valence-electron chi connectivity index (χ0n) is 35.7. The van der Waals surface area contributed by atoms with Crippen LogP contribution in [0.25, 0.3) is 44.2 Å². The lowest BCUT2D eigenvalue weighted by molar-refractivity contribution is 0.347. The molecule has 1 heterocycles. The topological polar surface area (TPSA) is 16.4 Å². The smallest absolute Gasteiger partial charge is 0.135 e. The summed E-state index contributed by atoms with van der Waals surface area (Å²) in [5.74, 6) is 1.10. The van der Waals surface area contributed by atoms with Crippen molar-refractivity contribution in [3.8, 4) is 22.3 Å². The summed E-state index contributed by atoms with van der Waals surface area (Å²) in [4.78, 5) is 2.55. The van der Waals surface area contributed by atoms with E-state index in [1.807, 2.05) is 0 Å². The monoisotopic (exact) mass is 821 g/mol. The SMILES string of the molecule is c1ccc(-c2ccc(-c3ccc(N(c4ccccc4)c4cccc5c4C46c7c(cccc7C(c7ccccc7)c7ccc8c(c7)oc7ccccc78)CC4CCC6C5)cc3)cc2)cc1. The highest BCUT2D eigenvalue weighted by molar-refractivity contribution is 6.05. The standard InChI is InChI=1S/C62H47NO/c1-4-14-41(15-5-1)42-26-28-43(29-27-42)44-30-35-52(36-31-44)63(51-20-8-3-9-21-51)56-24-13-19-48-39-50-34-33-49-38-47-18-12-23-55(60(47)62(49,50)61(48)56)59(45-16-6-2-7-17-45)46-32-37-54-53-22-10-11-25-57(53)64-58(54)40-46/h1-32,35-37,40,49-50,59H,33-34,38-39H2. The summed E-state index contributed by atoms with van der Waals surface area (Å²) in [6.45, 7) is 0. The minimum atomic E-state index is -0.109. The van der Waals surface area contributed by atoms with E-state index in [2.05, 4.69) is 223 Å². The van der Waals surface area contributed by atoms with Gasteiger partial charge >= 0.3 is 0 Å². The molecular formula is C62H47NO. The molecule has 0 bridgehead atoms. The Labute approximate surface area is 375 Å². The molecule has 1 saturated carbocycles. The molecule has 0 radical (unpaired) electrons. The van der Waals surface area contributed by atoms with Crippen molar-refractivity contribution in [3.63, 3.8) is 0 Å². The fourth-order valence-electron chi connectivity index (χ4n) is 12.6. The highest BCUT2D eigenvalue weighted by atomic mass is 16.3. The third-order valence-corrected chi connectivity index (χ3v) is 15.1. The molecule has 0 saturated heterocycles. The average Bonchev–Trinajstić information content (AvgIpc) is 4.10. The van der Waals surface area contributed by atoms with E-state index in [1.165, 1.54) is 96.3 Å². The summed E-state index contributed by atoms with van der Waals surface area (Å²) < 4.78 is 6.57. The van der Waals surface area contributed by atoms with E-state index in [4.69, 9.17) is 4.42 Å². The largest absolute Gasteiger partial charge is 0.456 e. The van der Waals surface area contributed by atoms with Gasteiger partial charge in [-0.3, -0.25) is 0 Å². The Morgan fingerprint density at radius 3 is 1.67 bits per heavy atom. The second-order valence-corrected chi connectivity index (χ2v) is 18.3. The molecule has 10 aromatic rings. The number of rotatable bonds is 8. The average molecular weight is 822 g/mol. The number of para-hydroxylation sites is 2. The van der Waals surface area contributed by atoms with Crippen molar-refractivity contribution < 1.29 is 4.42 Å². The third-order valence-electron chi connectivity index (χ3n) is 15.1. The lowest BCUT2D eigenvalue weighted by Crippen LogP contribution is -2.34. The molecule has 4 unspecified atom stereocenters. The molecule has 2 nitrogen and oxygen atoms in total. The van der Waals surface area contributed by atoms with Gasteiger partial charge in [0.05, 0.1) is 5.69 Å². The lowest BCUT2D eigenvalue weighted by atomic mass is 9.66. The molecule has 3 aliphatic carbocycles. The van der Waals surface area contributed by atoms with Gasteiger partial charge in [-0.1, -0.05) is 176 Å². The van der Waals surface area contributed by atoms with E-state index in [1.54, 1.807) is 5.56 Å². The fraction of sp³-hybridized carbons (Fsp3) is 0.129. The van der Waals surface area contributed by atoms with Gasteiger partial charge in [-0.05, 0) is 141 Å². The number of anilines is 3. The van der Waals surface area contributed by atoms with Crippen LogP contribution in [0.15, 0.2) is 223 Å². The van der Waals surface area contributed by atoms with E-state index < -0.39 is 0 Å². The van der Waals surface area contributed by atoms with Gasteiger partial charge < -0.3 is 9.32 Å². The van der Waals surface area contributed by atoms with Gasteiger partial charge in [0, 0.05) is 33.5 Å². The van der Waals surface area contributed by atoms with Gasteiger partial charge in [-0.25, -0.2) is 0 Å². The van der Waals surface area contributed by atoms with Crippen molar-refractivity contribution in [2.75, 3.05) is 4.90 Å². The summed E-state index contributed by atoms with van der Waals surface area (Å²) in [5, 5.41) is 2.34. The Kier molecular flexibility index (Phi) is 8.62. The molecule has 0 amide bonds. The molecule has 9 aromatic carbocycles. The summed E-state index contributed by atoms with van der Waals surface area (Å²) in [6.07, 6.45) is 4.71. The van der Waals surface area contributed by atoms with Crippen LogP contribution in [0.2, 0.25) is 0 Å². The van der Waals surface area contributed by atoms with Crippen molar-refractivity contribution in [3.05, 3.63) is 257 Å². The molecule has 0 N–H and O–H groups in total. The Balaban J connectivity index is 0.972. The van der Waals surface area contributed by atoms with Gasteiger partial charge in [0.15, 0.2) is 0 Å². The van der Waals surface area contributed by atoms with Crippen molar-refractivity contribution in [1.82, 2.24) is 0 Å². The van der Waals surface area contributed by atoms with E-state index >= 15 is 0 Å². The Hall–Kier alpha value is -7.42. The van der Waals surface area contributed by atoms with E-state index in [-0.39, 0.29) is 11.3 Å². The van der Waals surface area contributed by atoms with Crippen LogP contribution in [-0.4, -0.2) is 0 Å². The molecule has 1 aromatic heterocycles. The van der Waals surface area contributed by atoms with Crippen LogP contribution < -0.4 is 4.90 Å². The van der Waals surface area contributed by atoms with Gasteiger partial charge in [0.1, 0.15) is 11.2 Å². The van der Waals surface area contributed by atoms with Crippen molar-refractivity contribution in [2.45, 2.75) is 37.0 Å². The van der Waals surface area contributed by atoms with Gasteiger partial charge in [-0.15, -0.1) is 0 Å². The van der Waals surface area contributed by atoms with Gasteiger partial charge in [0.25, 0.3) is 0 Å². The fourth-order valence-corrected chi connectivity index (χ4v) is 12.6. The number of furan rings is 1. The maximum atomic E-state index is 6.57. The van der Waals surface area contributed by atoms with Gasteiger partial charge in [-0.2, -0.15) is 0 Å². The molecule has 13 rings (SSSR count). The van der Waals surface area contributed by atoms with Crippen LogP contribution in [0.3, 0.4) is 0 Å². The van der Waals surface area contributed by atoms with Gasteiger partial charge in [0.2, 0.25) is 0 Å². The summed E-state index contributed by atoms with van der Waals surface area (Å²) in [7, 11) is 0. The third kappa shape index (κ3) is 5.72. The van der Waals surface area contributed by atoms with Crippen LogP contribution in [0.5, 0.6) is 0 Å². The highest BCUT2D eigenvalue weighted by Crippen LogP contribution is 2.68. The number of hydrogen-bond acceptors (Lipinski definition) is 2. The molecule has 1 spiro atoms. The van der Waals surface area contributed by atoms with E-state index in [9.17, 15) is 0 Å². The number of fused-ring (bicyclic) bond motifs is 5. The molecule has 3 aliphatic rings. The van der Waals surface area contributed by atoms with E-state index in [0.717, 1.165) is 24.0 Å². The van der Waals surface area contributed by atoms with Crippen molar-refractivity contribution in [2.24, 2.45) is 11.8 Å². The second kappa shape index (κ2) is 14.9. The zero-order chi connectivity index (χ0) is 42.2. The number of nitrogens with zero attached hydrogens (tertiary/aromatic N) is 1. The quantitative estimate of drug-likeness (QED) is 0.142. The predicted molar refractivity (Wildman–Crippen MR) is 264 cm³/mol. The first-order valence-electron chi connectivity index (χ1n) is 23.0. The first kappa shape index (κ1) is 37.2. The van der Waals surface area contributed by atoms with E-state index in [0.29, 0.717) is 11.8 Å². The summed E-state index contributed by atoms with van der Waals surface area (Å²) in [5.41, 5.74) is 20.5. The van der Waals surface area contributed by atoms with Crippen molar-refractivity contribution >= 4 is 39.0 Å². The Morgan fingerprint density at radius 1 is 0.422 bits per heavy atom. The maximum Gasteiger partial charge on any atom is 0.135 e. The van der Waals surface area contributed by atoms with Crippen LogP contribution in [0.4, 0.5) is 17.1 Å². The molecule has 306 valence electrons. The lowest BCUT2D eigenvalue weighted by Gasteiger charge is -2.39. The predicted octanol–water partition coefficient (Wildman–Crippen LogP) is 16.0. The van der Waals surface area contributed by atoms with Crippen LogP contribution in [0, 0.1) is 11.8 Å². The Bertz CT molecular complexity index is 3330. The molecule has 2 heteroatoms. The molecule has 4 atom stereocenters. The minimum Gasteiger partial charge on any atom is -0.456 e. The first-order valence-corrected chi connectivity index (χ1v) is 23.0. The van der Waals surface area contributed by atoms with Crippen LogP contribution in [0.1, 0.15) is 57.7 Å². The zero-order valence-corrected chi connectivity index (χ0v) is 35.7. The van der Waals surface area contributed by atoms with Crippen LogP contribution >= 0.6 is 0 Å². The molecule has 0 aliphatic heterocycles. The molecule has 64 heavy (non-hydrogen) atoms. The maximum absolute atomic E-state index is 6.57. The molecule has 1 fully saturated rings. The number of hydrogen-bond donors (Lipinski definition) is 0. The number of benzene rings is 9. The van der Waals surface area contributed by atoms with Crippen LogP contribution in [-0.2, 0) is 18.3 Å². The summed E-state index contributed by atoms with van der Waals surface area (Å²) in [6, 6.07) is 81.0. The normalized spacial score (nSPS) is 18.7. The highest BCUT2D eigenvalue weighted by Gasteiger charge is 2.62. The second-order valence-electron chi connectivity index (χ2n) is 18.3. The minimum absolute atomic E-state index is 0.0406. The summed E-state index contributed by atoms with van der Waals surface area (Å²) >= 11 is 0. The Morgan fingerprint density at radius 2 is 0.969 bits per heavy atom. The van der Waals surface area contributed by atoms with Crippen molar-refractivity contribution in [1.29, 1.82) is 0 Å². The molecular weight excluding hydrogens is 775 g/mol. The first-order chi connectivity index (χ1) is 31.7.